The van der Waals surface area contributed by atoms with Crippen molar-refractivity contribution in [2.45, 2.75) is 13.0 Å². The van der Waals surface area contributed by atoms with Crippen LogP contribution in [0.3, 0.4) is 0 Å². The predicted molar refractivity (Wildman–Crippen MR) is 84.3 cm³/mol. The van der Waals surface area contributed by atoms with Gasteiger partial charge in [0.25, 0.3) is 5.91 Å². The van der Waals surface area contributed by atoms with Crippen molar-refractivity contribution in [3.63, 3.8) is 0 Å². The third-order valence-corrected chi connectivity index (χ3v) is 4.06. The Morgan fingerprint density at radius 3 is 2.57 bits per heavy atom. The van der Waals surface area contributed by atoms with Crippen LogP contribution in [0.15, 0.2) is 54.6 Å². The van der Waals surface area contributed by atoms with Crippen molar-refractivity contribution >= 4 is 5.91 Å². The fourth-order valence-electron chi connectivity index (χ4n) is 2.89. The molecule has 3 rings (SSSR count). The van der Waals surface area contributed by atoms with Gasteiger partial charge in [0.2, 0.25) is 0 Å². The number of nitrogens with one attached hydrogen (secondary N) is 1. The van der Waals surface area contributed by atoms with E-state index >= 15 is 0 Å². The molecule has 108 valence electrons. The Balaban J connectivity index is 1.91. The molecule has 2 aromatic rings. The Hall–Kier alpha value is -2.13. The SMILES string of the molecule is Cc1ccccc1C(=O)N1CCNCC1c1ccccc1. The topological polar surface area (TPSA) is 32.3 Å². The molecule has 1 atom stereocenters. The molecule has 1 unspecified atom stereocenters. The van der Waals surface area contributed by atoms with Crippen molar-refractivity contribution in [1.29, 1.82) is 0 Å². The molecule has 3 heteroatoms. The lowest BCUT2D eigenvalue weighted by Gasteiger charge is -2.37. The van der Waals surface area contributed by atoms with Crippen LogP contribution in [0.5, 0.6) is 0 Å². The van der Waals surface area contributed by atoms with E-state index in [2.05, 4.69) is 17.4 Å². The van der Waals surface area contributed by atoms with Crippen LogP contribution in [0, 0.1) is 6.92 Å². The maximum Gasteiger partial charge on any atom is 0.254 e. The van der Waals surface area contributed by atoms with E-state index in [0.29, 0.717) is 0 Å². The average molecular weight is 280 g/mol. The summed E-state index contributed by atoms with van der Waals surface area (Å²) in [6, 6.07) is 18.2. The molecular formula is C18H20N2O. The van der Waals surface area contributed by atoms with E-state index in [4.69, 9.17) is 0 Å². The summed E-state index contributed by atoms with van der Waals surface area (Å²) in [6.07, 6.45) is 0. The minimum Gasteiger partial charge on any atom is -0.329 e. The fourth-order valence-corrected chi connectivity index (χ4v) is 2.89. The molecule has 21 heavy (non-hydrogen) atoms. The van der Waals surface area contributed by atoms with Crippen LogP contribution in [0.25, 0.3) is 0 Å². The molecule has 1 N–H and O–H groups in total. The van der Waals surface area contributed by atoms with Gasteiger partial charge in [-0.2, -0.15) is 0 Å². The van der Waals surface area contributed by atoms with Gasteiger partial charge in [0.15, 0.2) is 0 Å². The standard InChI is InChI=1S/C18H20N2O/c1-14-7-5-6-10-16(14)18(21)20-12-11-19-13-17(20)15-8-3-2-4-9-15/h2-10,17,19H,11-13H2,1H3. The highest BCUT2D eigenvalue weighted by atomic mass is 16.2. The summed E-state index contributed by atoms with van der Waals surface area (Å²) in [4.78, 5) is 14.9. The van der Waals surface area contributed by atoms with Gasteiger partial charge in [0.05, 0.1) is 6.04 Å². The largest absolute Gasteiger partial charge is 0.329 e. The number of carbonyl (C=O) groups excluding carboxylic acids is 1. The number of aryl methyl sites for hydroxylation is 1. The van der Waals surface area contributed by atoms with Gasteiger partial charge in [-0.15, -0.1) is 0 Å². The zero-order chi connectivity index (χ0) is 14.7. The maximum atomic E-state index is 12.9. The number of hydrogen-bond donors (Lipinski definition) is 1. The first kappa shape index (κ1) is 13.8. The number of amides is 1. The quantitative estimate of drug-likeness (QED) is 0.917. The average Bonchev–Trinajstić information content (AvgIpc) is 2.55. The zero-order valence-corrected chi connectivity index (χ0v) is 12.3. The highest BCUT2D eigenvalue weighted by Gasteiger charge is 2.28. The summed E-state index contributed by atoms with van der Waals surface area (Å²) in [7, 11) is 0. The highest BCUT2D eigenvalue weighted by Crippen LogP contribution is 2.24. The van der Waals surface area contributed by atoms with E-state index in [1.165, 1.54) is 5.56 Å². The zero-order valence-electron chi connectivity index (χ0n) is 12.3. The normalized spacial score (nSPS) is 18.5. The molecule has 1 aliphatic rings. The Labute approximate surface area is 125 Å². The molecule has 0 bridgehead atoms. The van der Waals surface area contributed by atoms with Gasteiger partial charge in [-0.1, -0.05) is 48.5 Å². The molecule has 0 spiro atoms. The van der Waals surface area contributed by atoms with Gasteiger partial charge in [0.1, 0.15) is 0 Å². The van der Waals surface area contributed by atoms with E-state index in [1.807, 2.05) is 54.3 Å². The predicted octanol–water partition coefficient (Wildman–Crippen LogP) is 2.78. The third-order valence-electron chi connectivity index (χ3n) is 4.06. The molecule has 0 radical (unpaired) electrons. The van der Waals surface area contributed by atoms with Crippen molar-refractivity contribution in [1.82, 2.24) is 10.2 Å². The van der Waals surface area contributed by atoms with Crippen LogP contribution in [0.4, 0.5) is 0 Å². The second-order valence-corrected chi connectivity index (χ2v) is 5.44. The molecule has 1 amide bonds. The van der Waals surface area contributed by atoms with Gasteiger partial charge in [-0.05, 0) is 24.1 Å². The molecule has 1 fully saturated rings. The third kappa shape index (κ3) is 2.83. The summed E-state index contributed by atoms with van der Waals surface area (Å²) < 4.78 is 0. The summed E-state index contributed by atoms with van der Waals surface area (Å²) in [6.45, 7) is 4.39. The number of benzene rings is 2. The summed E-state index contributed by atoms with van der Waals surface area (Å²) in [5, 5.41) is 3.39. The van der Waals surface area contributed by atoms with Crippen molar-refractivity contribution in [3.05, 3.63) is 71.3 Å². The Kier molecular flexibility index (Phi) is 4.02. The van der Waals surface area contributed by atoms with Crippen LogP contribution in [-0.4, -0.2) is 30.4 Å². The molecule has 1 heterocycles. The van der Waals surface area contributed by atoms with Crippen LogP contribution in [0.2, 0.25) is 0 Å². The van der Waals surface area contributed by atoms with Gasteiger partial charge in [0, 0.05) is 25.2 Å². The second-order valence-electron chi connectivity index (χ2n) is 5.44. The lowest BCUT2D eigenvalue weighted by Crippen LogP contribution is -2.48. The number of rotatable bonds is 2. The minimum atomic E-state index is 0.104. The first-order valence-corrected chi connectivity index (χ1v) is 7.39. The van der Waals surface area contributed by atoms with E-state index in [0.717, 1.165) is 30.8 Å². The molecule has 3 nitrogen and oxygen atoms in total. The van der Waals surface area contributed by atoms with Crippen molar-refractivity contribution in [2.75, 3.05) is 19.6 Å². The summed E-state index contributed by atoms with van der Waals surface area (Å²) in [5.41, 5.74) is 3.03. The van der Waals surface area contributed by atoms with Gasteiger partial charge in [-0.25, -0.2) is 0 Å². The van der Waals surface area contributed by atoms with Crippen molar-refractivity contribution in [3.8, 4) is 0 Å². The number of hydrogen-bond acceptors (Lipinski definition) is 2. The Morgan fingerprint density at radius 2 is 1.81 bits per heavy atom. The second kappa shape index (κ2) is 6.10. The summed E-state index contributed by atoms with van der Waals surface area (Å²) >= 11 is 0. The van der Waals surface area contributed by atoms with Crippen LogP contribution in [-0.2, 0) is 0 Å². The smallest absolute Gasteiger partial charge is 0.254 e. The van der Waals surface area contributed by atoms with E-state index in [-0.39, 0.29) is 11.9 Å². The van der Waals surface area contributed by atoms with Crippen LogP contribution < -0.4 is 5.32 Å². The first-order chi connectivity index (χ1) is 10.3. The lowest BCUT2D eigenvalue weighted by molar-refractivity contribution is 0.0633. The molecule has 0 aliphatic carbocycles. The molecule has 0 saturated carbocycles. The summed E-state index contributed by atoms with van der Waals surface area (Å²) in [5.74, 6) is 0.128. The maximum absolute atomic E-state index is 12.9. The van der Waals surface area contributed by atoms with E-state index in [9.17, 15) is 4.79 Å². The number of carbonyl (C=O) groups is 1. The fraction of sp³-hybridized carbons (Fsp3) is 0.278. The molecule has 1 aliphatic heterocycles. The number of nitrogens with zero attached hydrogens (tertiary/aromatic N) is 1. The van der Waals surface area contributed by atoms with Crippen molar-refractivity contribution < 1.29 is 4.79 Å². The molecule has 2 aromatic carbocycles. The minimum absolute atomic E-state index is 0.104. The van der Waals surface area contributed by atoms with Gasteiger partial charge >= 0.3 is 0 Å². The Bertz CT molecular complexity index is 624. The van der Waals surface area contributed by atoms with E-state index < -0.39 is 0 Å². The van der Waals surface area contributed by atoms with Crippen LogP contribution in [0.1, 0.15) is 27.5 Å². The van der Waals surface area contributed by atoms with Crippen LogP contribution >= 0.6 is 0 Å². The highest BCUT2D eigenvalue weighted by molar-refractivity contribution is 5.96. The monoisotopic (exact) mass is 280 g/mol. The molecular weight excluding hydrogens is 260 g/mol. The molecule has 0 aromatic heterocycles. The Morgan fingerprint density at radius 1 is 1.10 bits per heavy atom. The van der Waals surface area contributed by atoms with Crippen molar-refractivity contribution in [2.24, 2.45) is 0 Å². The molecule has 1 saturated heterocycles. The van der Waals surface area contributed by atoms with Gasteiger partial charge < -0.3 is 10.2 Å². The number of piperazine rings is 1. The first-order valence-electron chi connectivity index (χ1n) is 7.39. The van der Waals surface area contributed by atoms with E-state index in [1.54, 1.807) is 0 Å². The lowest BCUT2D eigenvalue weighted by atomic mass is 10.0. The van der Waals surface area contributed by atoms with Gasteiger partial charge in [-0.3, -0.25) is 4.79 Å².